The molecule has 0 aliphatic heterocycles. The molecule has 148 valence electrons. The number of hydrogen-bond donors (Lipinski definition) is 2. The predicted molar refractivity (Wildman–Crippen MR) is 116 cm³/mol. The van der Waals surface area contributed by atoms with Crippen molar-refractivity contribution < 1.29 is 14.3 Å². The average molecular weight is 481 g/mol. The summed E-state index contributed by atoms with van der Waals surface area (Å²) in [5, 5.41) is 25.7. The van der Waals surface area contributed by atoms with Crippen LogP contribution in [0.1, 0.15) is 6.42 Å². The van der Waals surface area contributed by atoms with Gasteiger partial charge >= 0.3 is 0 Å². The number of carbonyl (C=O) groups is 1. The van der Waals surface area contributed by atoms with E-state index < -0.39 is 5.91 Å². The standard InChI is InChI=1S/C21H13BrN4O3S/c22-14-4-1-12(2-5-14)17-11-30-21(24-17)16-9-13-3-6-15(27)10-18(13)29-20(16)26-25-19(28)7-8-23/h1-6,9-11,27H,7H2,(H,25,28)/b26-20-. The number of hydrogen-bond acceptors (Lipinski definition) is 7. The number of rotatable bonds is 4. The molecule has 0 radical (unpaired) electrons. The van der Waals surface area contributed by atoms with Crippen molar-refractivity contribution in [2.75, 3.05) is 0 Å². The molecule has 4 rings (SSSR count). The number of nitrogens with one attached hydrogen (secondary N) is 1. The third-order valence-electron chi connectivity index (χ3n) is 4.13. The zero-order valence-electron chi connectivity index (χ0n) is 15.3. The highest BCUT2D eigenvalue weighted by molar-refractivity contribution is 9.10. The SMILES string of the molecule is N#CCC(=O)N/N=c1\oc2cc(O)ccc2cc1-c1nc(-c2ccc(Br)cc2)cs1. The van der Waals surface area contributed by atoms with E-state index in [1.807, 2.05) is 35.7 Å². The monoisotopic (exact) mass is 480 g/mol. The second kappa shape index (κ2) is 8.49. The van der Waals surface area contributed by atoms with Gasteiger partial charge in [0.15, 0.2) is 0 Å². The number of nitrogens with zero attached hydrogens (tertiary/aromatic N) is 3. The number of amides is 1. The highest BCUT2D eigenvalue weighted by Crippen LogP contribution is 2.30. The summed E-state index contributed by atoms with van der Waals surface area (Å²) >= 11 is 4.84. The Kier molecular flexibility index (Phi) is 5.61. The molecule has 2 N–H and O–H groups in total. The Morgan fingerprint density at radius 1 is 1.27 bits per heavy atom. The molecule has 9 heteroatoms. The third kappa shape index (κ3) is 4.25. The molecule has 0 atom stereocenters. The van der Waals surface area contributed by atoms with E-state index in [-0.39, 0.29) is 17.7 Å². The van der Waals surface area contributed by atoms with Gasteiger partial charge in [0.05, 0.1) is 17.3 Å². The predicted octanol–water partition coefficient (Wildman–Crippen LogP) is 4.54. The third-order valence-corrected chi connectivity index (χ3v) is 5.53. The van der Waals surface area contributed by atoms with Crippen molar-refractivity contribution in [3.05, 3.63) is 63.9 Å². The summed E-state index contributed by atoms with van der Waals surface area (Å²) in [6.45, 7) is 0. The number of fused-ring (bicyclic) bond motifs is 1. The molecule has 0 fully saturated rings. The molecule has 30 heavy (non-hydrogen) atoms. The van der Waals surface area contributed by atoms with Crippen molar-refractivity contribution in [1.29, 1.82) is 5.26 Å². The summed E-state index contributed by atoms with van der Waals surface area (Å²) in [5.74, 6) is -0.505. The van der Waals surface area contributed by atoms with Crippen LogP contribution in [-0.4, -0.2) is 16.0 Å². The Balaban J connectivity index is 1.82. The second-order valence-corrected chi connectivity index (χ2v) is 7.99. The van der Waals surface area contributed by atoms with E-state index in [4.69, 9.17) is 14.7 Å². The van der Waals surface area contributed by atoms with Gasteiger partial charge in [-0.3, -0.25) is 4.79 Å². The summed E-state index contributed by atoms with van der Waals surface area (Å²) in [7, 11) is 0. The highest BCUT2D eigenvalue weighted by Gasteiger charge is 2.13. The first-order chi connectivity index (χ1) is 14.5. The first-order valence-corrected chi connectivity index (χ1v) is 10.4. The quantitative estimate of drug-likeness (QED) is 0.416. The van der Waals surface area contributed by atoms with Gasteiger partial charge in [-0.2, -0.15) is 5.26 Å². The van der Waals surface area contributed by atoms with Crippen LogP contribution in [-0.2, 0) is 4.79 Å². The summed E-state index contributed by atoms with van der Waals surface area (Å²) < 4.78 is 6.80. The molecule has 0 saturated heterocycles. The van der Waals surface area contributed by atoms with E-state index in [1.165, 1.54) is 17.4 Å². The molecule has 2 aromatic carbocycles. The van der Waals surface area contributed by atoms with Crippen molar-refractivity contribution in [1.82, 2.24) is 10.4 Å². The first-order valence-electron chi connectivity index (χ1n) is 8.72. The van der Waals surface area contributed by atoms with Gasteiger partial charge in [0, 0.05) is 26.9 Å². The number of nitriles is 1. The number of aromatic hydroxyl groups is 1. The Labute approximate surface area is 183 Å². The van der Waals surface area contributed by atoms with Crippen LogP contribution in [0.15, 0.2) is 67.9 Å². The van der Waals surface area contributed by atoms with E-state index in [1.54, 1.807) is 18.2 Å². The summed E-state index contributed by atoms with van der Waals surface area (Å²) in [6, 6.07) is 16.1. The average Bonchev–Trinajstić information content (AvgIpc) is 3.22. The lowest BCUT2D eigenvalue weighted by atomic mass is 10.1. The number of phenolic OH excluding ortho intramolecular Hbond substituents is 1. The van der Waals surface area contributed by atoms with Gasteiger partial charge in [0.25, 0.3) is 5.91 Å². The molecule has 0 saturated carbocycles. The maximum atomic E-state index is 11.7. The summed E-state index contributed by atoms with van der Waals surface area (Å²) in [6.07, 6.45) is -0.321. The van der Waals surface area contributed by atoms with E-state index in [2.05, 4.69) is 26.5 Å². The van der Waals surface area contributed by atoms with Crippen LogP contribution in [0.4, 0.5) is 0 Å². The number of benzene rings is 2. The molecule has 0 unspecified atom stereocenters. The van der Waals surface area contributed by atoms with E-state index >= 15 is 0 Å². The van der Waals surface area contributed by atoms with E-state index in [9.17, 15) is 9.90 Å². The first kappa shape index (κ1) is 19.8. The fraction of sp³-hybridized carbons (Fsp3) is 0.0476. The van der Waals surface area contributed by atoms with Crippen LogP contribution < -0.4 is 11.0 Å². The van der Waals surface area contributed by atoms with E-state index in [0.29, 0.717) is 16.2 Å². The van der Waals surface area contributed by atoms with Crippen molar-refractivity contribution >= 4 is 44.1 Å². The molecule has 0 bridgehead atoms. The van der Waals surface area contributed by atoms with Gasteiger partial charge in [-0.05, 0) is 30.3 Å². The number of halogens is 1. The molecule has 1 amide bonds. The fourth-order valence-corrected chi connectivity index (χ4v) is 3.82. The van der Waals surface area contributed by atoms with E-state index in [0.717, 1.165) is 21.1 Å². The number of aromatic nitrogens is 1. The van der Waals surface area contributed by atoms with Crippen LogP contribution in [0.5, 0.6) is 5.75 Å². The highest BCUT2D eigenvalue weighted by atomic mass is 79.9. The fourth-order valence-electron chi connectivity index (χ4n) is 2.72. The van der Waals surface area contributed by atoms with Gasteiger partial charge in [0.2, 0.25) is 5.55 Å². The normalized spacial score (nSPS) is 11.4. The maximum absolute atomic E-state index is 11.7. The minimum absolute atomic E-state index is 0.0465. The van der Waals surface area contributed by atoms with Gasteiger partial charge in [0.1, 0.15) is 22.8 Å². The van der Waals surface area contributed by atoms with Gasteiger partial charge < -0.3 is 9.52 Å². The molecule has 0 aliphatic carbocycles. The Morgan fingerprint density at radius 3 is 2.83 bits per heavy atom. The van der Waals surface area contributed by atoms with Crippen molar-refractivity contribution in [2.24, 2.45) is 5.10 Å². The maximum Gasteiger partial charge on any atom is 0.254 e. The van der Waals surface area contributed by atoms with Gasteiger partial charge in [-0.15, -0.1) is 16.4 Å². The van der Waals surface area contributed by atoms with Crippen LogP contribution >= 0.6 is 27.3 Å². The molecule has 7 nitrogen and oxygen atoms in total. The summed E-state index contributed by atoms with van der Waals surface area (Å²) in [4.78, 5) is 16.4. The summed E-state index contributed by atoms with van der Waals surface area (Å²) in [5.41, 5.74) is 5.18. The molecule has 2 aromatic heterocycles. The largest absolute Gasteiger partial charge is 0.508 e. The zero-order valence-corrected chi connectivity index (χ0v) is 17.7. The van der Waals surface area contributed by atoms with Crippen molar-refractivity contribution in [2.45, 2.75) is 6.42 Å². The molecular formula is C21H13BrN4O3S. The Hall–Kier alpha value is -3.48. The van der Waals surface area contributed by atoms with Crippen molar-refractivity contribution in [3.8, 4) is 33.6 Å². The molecule has 0 spiro atoms. The molecule has 4 aromatic rings. The Bertz CT molecular complexity index is 1350. The van der Waals surface area contributed by atoms with Crippen LogP contribution in [0.2, 0.25) is 0 Å². The minimum atomic E-state index is -0.552. The van der Waals surface area contributed by atoms with Crippen LogP contribution in [0.3, 0.4) is 0 Å². The van der Waals surface area contributed by atoms with Gasteiger partial charge in [-0.25, -0.2) is 10.4 Å². The smallest absolute Gasteiger partial charge is 0.254 e. The van der Waals surface area contributed by atoms with Gasteiger partial charge in [-0.1, -0.05) is 28.1 Å². The minimum Gasteiger partial charge on any atom is -0.508 e. The zero-order chi connectivity index (χ0) is 21.1. The lowest BCUT2D eigenvalue weighted by molar-refractivity contribution is -0.120. The topological polar surface area (TPSA) is 112 Å². The molecular weight excluding hydrogens is 468 g/mol. The number of thiazole rings is 1. The molecule has 0 aliphatic rings. The Morgan fingerprint density at radius 2 is 2.07 bits per heavy atom. The lowest BCUT2D eigenvalue weighted by Gasteiger charge is -2.03. The van der Waals surface area contributed by atoms with Crippen molar-refractivity contribution in [3.63, 3.8) is 0 Å². The van der Waals surface area contributed by atoms with Crippen LogP contribution in [0.25, 0.3) is 32.8 Å². The number of phenols is 1. The lowest BCUT2D eigenvalue weighted by Crippen LogP contribution is -2.21. The number of carbonyl (C=O) groups excluding carboxylic acids is 1. The molecule has 2 heterocycles. The second-order valence-electron chi connectivity index (χ2n) is 6.21. The van der Waals surface area contributed by atoms with Crippen LogP contribution in [0, 0.1) is 11.3 Å².